The van der Waals surface area contributed by atoms with Crippen molar-refractivity contribution in [2.75, 3.05) is 6.54 Å². The fourth-order valence-corrected chi connectivity index (χ4v) is 3.01. The Morgan fingerprint density at radius 2 is 1.65 bits per heavy atom. The summed E-state index contributed by atoms with van der Waals surface area (Å²) in [5, 5.41) is 3.60. The minimum atomic E-state index is 0.315. The molecule has 1 aliphatic rings. The molecule has 86 valence electrons. The van der Waals surface area contributed by atoms with E-state index in [0.717, 1.165) is 13.0 Å². The summed E-state index contributed by atoms with van der Waals surface area (Å²) in [5.74, 6) is 0. The molecule has 1 heterocycles. The Bertz CT molecular complexity index is 536. The van der Waals surface area contributed by atoms with Crippen molar-refractivity contribution in [1.29, 1.82) is 0 Å². The second kappa shape index (κ2) is 4.63. The normalized spacial score (nSPS) is 18.8. The van der Waals surface area contributed by atoms with E-state index in [-0.39, 0.29) is 0 Å². The third kappa shape index (κ3) is 2.03. The Labute approximate surface area is 110 Å². The second-order valence-corrected chi connectivity index (χ2v) is 5.21. The van der Waals surface area contributed by atoms with E-state index in [2.05, 4.69) is 69.8 Å². The highest BCUT2D eigenvalue weighted by molar-refractivity contribution is 9.10. The molecule has 0 fully saturated rings. The van der Waals surface area contributed by atoms with Gasteiger partial charge in [-0.15, -0.1) is 0 Å². The summed E-state index contributed by atoms with van der Waals surface area (Å²) in [5.41, 5.74) is 4.19. The van der Waals surface area contributed by atoms with Crippen LogP contribution < -0.4 is 5.32 Å². The minimum Gasteiger partial charge on any atom is -0.306 e. The summed E-state index contributed by atoms with van der Waals surface area (Å²) in [6, 6.07) is 17.5. The van der Waals surface area contributed by atoms with Crippen molar-refractivity contribution in [2.45, 2.75) is 12.5 Å². The maximum absolute atomic E-state index is 3.64. The third-order valence-electron chi connectivity index (χ3n) is 3.33. The van der Waals surface area contributed by atoms with Crippen LogP contribution in [-0.2, 0) is 6.42 Å². The van der Waals surface area contributed by atoms with Gasteiger partial charge < -0.3 is 5.32 Å². The topological polar surface area (TPSA) is 12.0 Å². The molecule has 0 bridgehead atoms. The van der Waals surface area contributed by atoms with Crippen LogP contribution in [-0.4, -0.2) is 6.54 Å². The molecular formula is C15H14BrN. The molecular weight excluding hydrogens is 274 g/mol. The smallest absolute Gasteiger partial charge is 0.0590 e. The van der Waals surface area contributed by atoms with Gasteiger partial charge in [0.25, 0.3) is 0 Å². The fourth-order valence-electron chi connectivity index (χ4n) is 2.49. The van der Waals surface area contributed by atoms with Gasteiger partial charge in [0.05, 0.1) is 6.04 Å². The Morgan fingerprint density at radius 1 is 0.941 bits per heavy atom. The van der Waals surface area contributed by atoms with Crippen molar-refractivity contribution in [3.63, 3.8) is 0 Å². The van der Waals surface area contributed by atoms with Crippen LogP contribution in [0.5, 0.6) is 0 Å². The Balaban J connectivity index is 2.09. The molecule has 0 aromatic heterocycles. The van der Waals surface area contributed by atoms with Crippen LogP contribution in [0.2, 0.25) is 0 Å². The Kier molecular flexibility index (Phi) is 3.00. The van der Waals surface area contributed by atoms with Crippen LogP contribution in [0, 0.1) is 0 Å². The zero-order valence-electron chi connectivity index (χ0n) is 9.49. The fraction of sp³-hybridized carbons (Fsp3) is 0.200. The SMILES string of the molecule is Brc1ccccc1[C@H]1NCCc2ccccc21. The molecule has 17 heavy (non-hydrogen) atoms. The maximum atomic E-state index is 3.64. The van der Waals surface area contributed by atoms with Gasteiger partial charge in [0.2, 0.25) is 0 Å². The highest BCUT2D eigenvalue weighted by Gasteiger charge is 2.21. The molecule has 1 aliphatic heterocycles. The van der Waals surface area contributed by atoms with Crippen molar-refractivity contribution in [3.8, 4) is 0 Å². The second-order valence-electron chi connectivity index (χ2n) is 4.36. The zero-order valence-corrected chi connectivity index (χ0v) is 11.1. The lowest BCUT2D eigenvalue weighted by molar-refractivity contribution is 0.566. The highest BCUT2D eigenvalue weighted by atomic mass is 79.9. The summed E-state index contributed by atoms with van der Waals surface area (Å²) in [6.45, 7) is 1.04. The van der Waals surface area contributed by atoms with Gasteiger partial charge in [-0.25, -0.2) is 0 Å². The van der Waals surface area contributed by atoms with Gasteiger partial charge in [0, 0.05) is 11.0 Å². The van der Waals surface area contributed by atoms with Gasteiger partial charge in [0.15, 0.2) is 0 Å². The van der Waals surface area contributed by atoms with Gasteiger partial charge in [-0.3, -0.25) is 0 Å². The number of benzene rings is 2. The molecule has 1 atom stereocenters. The maximum Gasteiger partial charge on any atom is 0.0590 e. The molecule has 3 rings (SSSR count). The molecule has 0 amide bonds. The Hall–Kier alpha value is -1.12. The van der Waals surface area contributed by atoms with Gasteiger partial charge in [-0.2, -0.15) is 0 Å². The third-order valence-corrected chi connectivity index (χ3v) is 4.05. The first kappa shape index (κ1) is 11.0. The molecule has 0 unspecified atom stereocenters. The summed E-state index contributed by atoms with van der Waals surface area (Å²) in [7, 11) is 0. The van der Waals surface area contributed by atoms with Gasteiger partial charge in [-0.1, -0.05) is 58.4 Å². The van der Waals surface area contributed by atoms with E-state index in [9.17, 15) is 0 Å². The molecule has 2 aromatic carbocycles. The lowest BCUT2D eigenvalue weighted by Gasteiger charge is -2.28. The summed E-state index contributed by atoms with van der Waals surface area (Å²) < 4.78 is 1.18. The molecule has 2 aromatic rings. The number of hydrogen-bond donors (Lipinski definition) is 1. The molecule has 2 heteroatoms. The van der Waals surface area contributed by atoms with E-state index in [1.165, 1.54) is 21.2 Å². The molecule has 0 saturated carbocycles. The van der Waals surface area contributed by atoms with Crippen LogP contribution in [0.15, 0.2) is 53.0 Å². The Morgan fingerprint density at radius 3 is 2.47 bits per heavy atom. The predicted molar refractivity (Wildman–Crippen MR) is 74.1 cm³/mol. The van der Waals surface area contributed by atoms with Gasteiger partial charge in [0.1, 0.15) is 0 Å². The molecule has 0 saturated heterocycles. The molecule has 0 aliphatic carbocycles. The number of nitrogens with one attached hydrogen (secondary N) is 1. The number of hydrogen-bond acceptors (Lipinski definition) is 1. The van der Waals surface area contributed by atoms with Crippen molar-refractivity contribution in [3.05, 3.63) is 69.7 Å². The average molecular weight is 288 g/mol. The first-order valence-electron chi connectivity index (χ1n) is 5.92. The van der Waals surface area contributed by atoms with Gasteiger partial charge >= 0.3 is 0 Å². The van der Waals surface area contributed by atoms with Crippen molar-refractivity contribution < 1.29 is 0 Å². The number of halogens is 1. The first-order valence-corrected chi connectivity index (χ1v) is 6.71. The predicted octanol–water partition coefficient (Wildman–Crippen LogP) is 3.68. The lowest BCUT2D eigenvalue weighted by Crippen LogP contribution is -2.30. The van der Waals surface area contributed by atoms with Crippen LogP contribution in [0.3, 0.4) is 0 Å². The van der Waals surface area contributed by atoms with Crippen molar-refractivity contribution in [2.24, 2.45) is 0 Å². The van der Waals surface area contributed by atoms with E-state index >= 15 is 0 Å². The standard InChI is InChI=1S/C15H14BrN/c16-14-8-4-3-7-13(14)15-12-6-2-1-5-11(12)9-10-17-15/h1-8,15,17H,9-10H2/t15-/m0/s1. The van der Waals surface area contributed by atoms with E-state index in [0.29, 0.717) is 6.04 Å². The van der Waals surface area contributed by atoms with E-state index in [1.54, 1.807) is 0 Å². The monoisotopic (exact) mass is 287 g/mol. The van der Waals surface area contributed by atoms with Crippen LogP contribution >= 0.6 is 15.9 Å². The zero-order chi connectivity index (χ0) is 11.7. The average Bonchev–Trinajstić information content (AvgIpc) is 2.39. The van der Waals surface area contributed by atoms with E-state index < -0.39 is 0 Å². The number of rotatable bonds is 1. The number of fused-ring (bicyclic) bond motifs is 1. The molecule has 1 N–H and O–H groups in total. The lowest BCUT2D eigenvalue weighted by atomic mass is 9.90. The largest absolute Gasteiger partial charge is 0.306 e. The van der Waals surface area contributed by atoms with Crippen molar-refractivity contribution in [1.82, 2.24) is 5.32 Å². The summed E-state index contributed by atoms with van der Waals surface area (Å²) >= 11 is 3.64. The summed E-state index contributed by atoms with van der Waals surface area (Å²) in [6.07, 6.45) is 1.12. The first-order chi connectivity index (χ1) is 8.36. The molecule has 0 radical (unpaired) electrons. The highest BCUT2D eigenvalue weighted by Crippen LogP contribution is 2.32. The van der Waals surface area contributed by atoms with Crippen LogP contribution in [0.4, 0.5) is 0 Å². The van der Waals surface area contributed by atoms with Crippen LogP contribution in [0.1, 0.15) is 22.7 Å². The minimum absolute atomic E-state index is 0.315. The van der Waals surface area contributed by atoms with Crippen molar-refractivity contribution >= 4 is 15.9 Å². The van der Waals surface area contributed by atoms with Gasteiger partial charge in [-0.05, 0) is 29.2 Å². The summed E-state index contributed by atoms with van der Waals surface area (Å²) in [4.78, 5) is 0. The van der Waals surface area contributed by atoms with E-state index in [4.69, 9.17) is 0 Å². The van der Waals surface area contributed by atoms with Crippen LogP contribution in [0.25, 0.3) is 0 Å². The molecule has 1 nitrogen and oxygen atoms in total. The molecule has 0 spiro atoms. The van der Waals surface area contributed by atoms with E-state index in [1.807, 2.05) is 0 Å². The quantitative estimate of drug-likeness (QED) is 0.844.